The third kappa shape index (κ3) is 5.63. The number of nitrogens with one attached hydrogen (secondary N) is 2. The monoisotopic (exact) mass is 480 g/mol. The highest BCUT2D eigenvalue weighted by atomic mass is 16.5. The minimum atomic E-state index is -1.02. The summed E-state index contributed by atoms with van der Waals surface area (Å²) < 4.78 is 11.4. The topological polar surface area (TPSA) is 100 Å². The summed E-state index contributed by atoms with van der Waals surface area (Å²) in [7, 11) is 1.93. The highest BCUT2D eigenvalue weighted by Crippen LogP contribution is 2.28. The predicted molar refractivity (Wildman–Crippen MR) is 129 cm³/mol. The van der Waals surface area contributed by atoms with Gasteiger partial charge in [0.1, 0.15) is 12.6 Å². The third-order valence-corrected chi connectivity index (χ3v) is 6.56. The second-order valence-electron chi connectivity index (χ2n) is 9.13. The van der Waals surface area contributed by atoms with Crippen molar-refractivity contribution in [1.29, 1.82) is 0 Å². The van der Waals surface area contributed by atoms with Crippen LogP contribution in [0.15, 0.2) is 60.7 Å². The number of alkyl carbamates (subject to hydrolysis) is 1. The lowest BCUT2D eigenvalue weighted by molar-refractivity contribution is -0.164. The standard InChI is InChI=1S/C26H32N4O5/c1-19(34-15-20-9-5-3-6-10-20)22(28-25(33)35-16-21-11-7-4-8-12-21)23(31)30-14-13-29(2)18-26(30)17-27-24(26)32/h3-12,19,22H,13-18H2,1-2H3,(H,27,32)(H,28,33)/t19-,22+,26?/m1/s1. The fourth-order valence-electron chi connectivity index (χ4n) is 4.46. The van der Waals surface area contributed by atoms with Crippen LogP contribution in [0.4, 0.5) is 4.79 Å². The lowest BCUT2D eigenvalue weighted by Crippen LogP contribution is -2.81. The van der Waals surface area contributed by atoms with Crippen LogP contribution < -0.4 is 10.6 Å². The molecule has 2 fully saturated rings. The summed E-state index contributed by atoms with van der Waals surface area (Å²) in [6, 6.07) is 17.9. The summed E-state index contributed by atoms with van der Waals surface area (Å²) in [5, 5.41) is 5.48. The van der Waals surface area contributed by atoms with Crippen LogP contribution in [0.2, 0.25) is 0 Å². The molecular weight excluding hydrogens is 448 g/mol. The maximum Gasteiger partial charge on any atom is 0.408 e. The van der Waals surface area contributed by atoms with E-state index in [4.69, 9.17) is 9.47 Å². The van der Waals surface area contributed by atoms with Crippen molar-refractivity contribution in [3.05, 3.63) is 71.8 Å². The number of β-lactam (4-membered cyclic amide) rings is 1. The number of benzene rings is 2. The van der Waals surface area contributed by atoms with E-state index in [2.05, 4.69) is 10.6 Å². The Hall–Kier alpha value is -3.43. The van der Waals surface area contributed by atoms with Gasteiger partial charge < -0.3 is 29.9 Å². The van der Waals surface area contributed by atoms with Crippen molar-refractivity contribution in [3.8, 4) is 0 Å². The second kappa shape index (κ2) is 10.9. The molecule has 1 spiro atoms. The summed E-state index contributed by atoms with van der Waals surface area (Å²) in [6.45, 7) is 3.93. The van der Waals surface area contributed by atoms with Crippen molar-refractivity contribution < 1.29 is 23.9 Å². The second-order valence-corrected chi connectivity index (χ2v) is 9.13. The number of hydrogen-bond acceptors (Lipinski definition) is 6. The van der Waals surface area contributed by atoms with Crippen LogP contribution in [0.5, 0.6) is 0 Å². The SMILES string of the molecule is C[C@@H](OCc1ccccc1)[C@H](NC(=O)OCc1ccccc1)C(=O)N1CCN(C)CC12CNC2=O. The molecule has 0 aliphatic carbocycles. The molecular formula is C26H32N4O5. The van der Waals surface area contributed by atoms with Gasteiger partial charge in [0, 0.05) is 19.6 Å². The summed E-state index contributed by atoms with van der Waals surface area (Å²) >= 11 is 0. The van der Waals surface area contributed by atoms with E-state index in [0.29, 0.717) is 26.2 Å². The molecule has 0 saturated carbocycles. The Morgan fingerprint density at radius 3 is 2.23 bits per heavy atom. The van der Waals surface area contributed by atoms with Gasteiger partial charge in [0.15, 0.2) is 5.54 Å². The number of ether oxygens (including phenoxy) is 2. The van der Waals surface area contributed by atoms with Crippen LogP contribution >= 0.6 is 0 Å². The zero-order valence-corrected chi connectivity index (χ0v) is 20.1. The average molecular weight is 481 g/mol. The lowest BCUT2D eigenvalue weighted by atomic mass is 9.85. The Kier molecular flexibility index (Phi) is 7.67. The zero-order chi connectivity index (χ0) is 24.8. The molecule has 2 aliphatic rings. The molecule has 186 valence electrons. The highest BCUT2D eigenvalue weighted by molar-refractivity contribution is 5.99. The molecule has 2 aromatic carbocycles. The van der Waals surface area contributed by atoms with Gasteiger partial charge in [-0.1, -0.05) is 60.7 Å². The van der Waals surface area contributed by atoms with Crippen molar-refractivity contribution in [3.63, 3.8) is 0 Å². The van der Waals surface area contributed by atoms with E-state index in [1.54, 1.807) is 11.8 Å². The number of carbonyl (C=O) groups excluding carboxylic acids is 3. The molecule has 1 unspecified atom stereocenters. The Morgan fingerprint density at radius 2 is 1.66 bits per heavy atom. The van der Waals surface area contributed by atoms with Gasteiger partial charge in [0.25, 0.3) is 0 Å². The molecule has 2 aromatic rings. The highest BCUT2D eigenvalue weighted by Gasteiger charge is 2.56. The van der Waals surface area contributed by atoms with Crippen molar-refractivity contribution in [2.45, 2.75) is 37.8 Å². The Balaban J connectivity index is 1.48. The lowest BCUT2D eigenvalue weighted by Gasteiger charge is -2.54. The van der Waals surface area contributed by atoms with Crippen LogP contribution in [0, 0.1) is 0 Å². The average Bonchev–Trinajstić information content (AvgIpc) is 2.89. The van der Waals surface area contributed by atoms with Gasteiger partial charge in [-0.05, 0) is 25.1 Å². The number of hydrogen-bond donors (Lipinski definition) is 2. The molecule has 2 saturated heterocycles. The molecule has 3 amide bonds. The molecule has 2 heterocycles. The minimum Gasteiger partial charge on any atom is -0.445 e. The summed E-state index contributed by atoms with van der Waals surface area (Å²) in [5.41, 5.74) is 0.853. The van der Waals surface area contributed by atoms with Gasteiger partial charge in [-0.25, -0.2) is 4.79 Å². The molecule has 35 heavy (non-hydrogen) atoms. The van der Waals surface area contributed by atoms with Crippen molar-refractivity contribution in [1.82, 2.24) is 20.4 Å². The molecule has 4 rings (SSSR count). The van der Waals surface area contributed by atoms with Gasteiger partial charge in [0.2, 0.25) is 11.8 Å². The van der Waals surface area contributed by atoms with E-state index in [9.17, 15) is 14.4 Å². The van der Waals surface area contributed by atoms with Crippen molar-refractivity contribution >= 4 is 17.9 Å². The van der Waals surface area contributed by atoms with E-state index < -0.39 is 23.8 Å². The van der Waals surface area contributed by atoms with E-state index in [1.807, 2.05) is 72.6 Å². The van der Waals surface area contributed by atoms with Gasteiger partial charge in [-0.3, -0.25) is 9.59 Å². The van der Waals surface area contributed by atoms with Crippen LogP contribution in [0.1, 0.15) is 18.1 Å². The molecule has 2 N–H and O–H groups in total. The third-order valence-electron chi connectivity index (χ3n) is 6.56. The number of carbonyl (C=O) groups is 3. The first kappa shape index (κ1) is 24.7. The summed E-state index contributed by atoms with van der Waals surface area (Å²) in [6.07, 6.45) is -1.38. The molecule has 9 heteroatoms. The largest absolute Gasteiger partial charge is 0.445 e. The van der Waals surface area contributed by atoms with E-state index >= 15 is 0 Å². The molecule has 0 bridgehead atoms. The van der Waals surface area contributed by atoms with Gasteiger partial charge >= 0.3 is 6.09 Å². The van der Waals surface area contributed by atoms with Crippen LogP contribution in [-0.4, -0.2) is 78.6 Å². The normalized spacial score (nSPS) is 21.5. The number of likely N-dealkylation sites (N-methyl/N-ethyl adjacent to an activating group) is 1. The predicted octanol–water partition coefficient (Wildman–Crippen LogP) is 1.53. The molecule has 2 aliphatic heterocycles. The van der Waals surface area contributed by atoms with Gasteiger partial charge in [-0.2, -0.15) is 0 Å². The van der Waals surface area contributed by atoms with Crippen molar-refractivity contribution in [2.75, 3.05) is 33.2 Å². The molecule has 3 atom stereocenters. The molecule has 0 aromatic heterocycles. The smallest absolute Gasteiger partial charge is 0.408 e. The van der Waals surface area contributed by atoms with Crippen LogP contribution in [0.25, 0.3) is 0 Å². The van der Waals surface area contributed by atoms with E-state index in [0.717, 1.165) is 11.1 Å². The Morgan fingerprint density at radius 1 is 1.03 bits per heavy atom. The van der Waals surface area contributed by atoms with Crippen LogP contribution in [0.3, 0.4) is 0 Å². The van der Waals surface area contributed by atoms with E-state index in [1.165, 1.54) is 0 Å². The maximum atomic E-state index is 13.8. The first-order chi connectivity index (χ1) is 16.9. The first-order valence-corrected chi connectivity index (χ1v) is 11.8. The zero-order valence-electron chi connectivity index (χ0n) is 20.1. The van der Waals surface area contributed by atoms with Gasteiger partial charge in [-0.15, -0.1) is 0 Å². The van der Waals surface area contributed by atoms with E-state index in [-0.39, 0.29) is 25.0 Å². The maximum absolute atomic E-state index is 13.8. The number of nitrogens with zero attached hydrogens (tertiary/aromatic N) is 2. The number of rotatable bonds is 8. The quantitative estimate of drug-likeness (QED) is 0.556. The number of amides is 3. The Labute approximate surface area is 205 Å². The fourth-order valence-corrected chi connectivity index (χ4v) is 4.46. The number of piperazine rings is 1. The molecule has 0 radical (unpaired) electrons. The minimum absolute atomic E-state index is 0.0771. The summed E-state index contributed by atoms with van der Waals surface area (Å²) in [5.74, 6) is -0.536. The summed E-state index contributed by atoms with van der Waals surface area (Å²) in [4.78, 5) is 42.7. The van der Waals surface area contributed by atoms with Gasteiger partial charge in [0.05, 0.1) is 19.3 Å². The van der Waals surface area contributed by atoms with Crippen LogP contribution in [-0.2, 0) is 32.3 Å². The van der Waals surface area contributed by atoms with Crippen molar-refractivity contribution in [2.24, 2.45) is 0 Å². The molecule has 9 nitrogen and oxygen atoms in total. The Bertz CT molecular complexity index is 1030. The first-order valence-electron chi connectivity index (χ1n) is 11.8. The fraction of sp³-hybridized carbons (Fsp3) is 0.423.